The second-order valence-corrected chi connectivity index (χ2v) is 4.67. The molecule has 1 atom stereocenters. The van der Waals surface area contributed by atoms with Crippen molar-refractivity contribution in [3.8, 4) is 11.5 Å². The fraction of sp³-hybridized carbons (Fsp3) is 0.600. The van der Waals surface area contributed by atoms with Crippen molar-refractivity contribution in [2.75, 3.05) is 33.2 Å². The Bertz CT molecular complexity index is 407. The Hall–Kier alpha value is -1.30. The molecule has 0 spiro atoms. The van der Waals surface area contributed by atoms with Gasteiger partial charge in [0, 0.05) is 6.61 Å². The lowest BCUT2D eigenvalue weighted by Gasteiger charge is -2.12. The van der Waals surface area contributed by atoms with Crippen LogP contribution in [0.5, 0.6) is 11.5 Å². The van der Waals surface area contributed by atoms with Crippen molar-refractivity contribution in [3.05, 3.63) is 23.8 Å². The normalized spacial score (nSPS) is 14.5. The Morgan fingerprint density at radius 1 is 1.15 bits per heavy atom. The van der Waals surface area contributed by atoms with E-state index in [0.717, 1.165) is 25.0 Å². The van der Waals surface area contributed by atoms with Crippen LogP contribution in [0.2, 0.25) is 0 Å². The number of unbranched alkanes of at least 4 members (excludes halogenated alkanes) is 1. The maximum atomic E-state index is 10.0. The standard InChI is InChI=1S/C15H22O5/c1-2-3-6-17-7-8-18-10-13(16)12-4-5-14-15(9-12)20-11-19-14/h4-5,9,13,16H,2-3,6-8,10-11H2,1H3. The Morgan fingerprint density at radius 3 is 2.80 bits per heavy atom. The van der Waals surface area contributed by atoms with Gasteiger partial charge in [0.25, 0.3) is 0 Å². The lowest BCUT2D eigenvalue weighted by molar-refractivity contribution is 0.00270. The summed E-state index contributed by atoms with van der Waals surface area (Å²) in [5.41, 5.74) is 0.765. The number of fused-ring (bicyclic) bond motifs is 1. The van der Waals surface area contributed by atoms with Gasteiger partial charge in [0.15, 0.2) is 11.5 Å². The molecule has 1 aromatic rings. The molecule has 0 fully saturated rings. The zero-order valence-corrected chi connectivity index (χ0v) is 11.8. The fourth-order valence-electron chi connectivity index (χ4n) is 1.88. The van der Waals surface area contributed by atoms with Gasteiger partial charge in [-0.1, -0.05) is 19.4 Å². The molecule has 1 aromatic carbocycles. The molecular formula is C15H22O5. The van der Waals surface area contributed by atoms with E-state index in [4.69, 9.17) is 18.9 Å². The highest BCUT2D eigenvalue weighted by atomic mass is 16.7. The second-order valence-electron chi connectivity index (χ2n) is 4.67. The summed E-state index contributed by atoms with van der Waals surface area (Å²) in [6, 6.07) is 5.40. The van der Waals surface area contributed by atoms with Crippen LogP contribution < -0.4 is 9.47 Å². The maximum absolute atomic E-state index is 10.0. The topological polar surface area (TPSA) is 57.2 Å². The number of rotatable bonds is 9. The average Bonchev–Trinajstić information content (AvgIpc) is 2.93. The van der Waals surface area contributed by atoms with Crippen molar-refractivity contribution < 1.29 is 24.1 Å². The Morgan fingerprint density at radius 2 is 1.95 bits per heavy atom. The van der Waals surface area contributed by atoms with Crippen LogP contribution in [0.3, 0.4) is 0 Å². The first-order valence-corrected chi connectivity index (χ1v) is 7.04. The lowest BCUT2D eigenvalue weighted by atomic mass is 10.1. The maximum Gasteiger partial charge on any atom is 0.231 e. The van der Waals surface area contributed by atoms with Gasteiger partial charge in [0.1, 0.15) is 6.10 Å². The van der Waals surface area contributed by atoms with Gasteiger partial charge >= 0.3 is 0 Å². The fourth-order valence-corrected chi connectivity index (χ4v) is 1.88. The zero-order chi connectivity index (χ0) is 14.2. The van der Waals surface area contributed by atoms with Crippen molar-refractivity contribution in [1.82, 2.24) is 0 Å². The van der Waals surface area contributed by atoms with Gasteiger partial charge < -0.3 is 24.1 Å². The van der Waals surface area contributed by atoms with E-state index in [1.165, 1.54) is 0 Å². The molecule has 0 bridgehead atoms. The monoisotopic (exact) mass is 282 g/mol. The summed E-state index contributed by atoms with van der Waals surface area (Å²) in [6.45, 7) is 4.43. The molecule has 0 amide bonds. The molecule has 112 valence electrons. The van der Waals surface area contributed by atoms with Crippen LogP contribution in [0, 0.1) is 0 Å². The van der Waals surface area contributed by atoms with Crippen LogP contribution in [-0.4, -0.2) is 38.3 Å². The number of hydrogen-bond acceptors (Lipinski definition) is 5. The SMILES string of the molecule is CCCCOCCOCC(O)c1ccc2c(c1)OCO2. The van der Waals surface area contributed by atoms with E-state index in [-0.39, 0.29) is 13.4 Å². The summed E-state index contributed by atoms with van der Waals surface area (Å²) in [6.07, 6.45) is 1.53. The summed E-state index contributed by atoms with van der Waals surface area (Å²) in [4.78, 5) is 0. The summed E-state index contributed by atoms with van der Waals surface area (Å²) in [7, 11) is 0. The van der Waals surface area contributed by atoms with Crippen LogP contribution in [0.15, 0.2) is 18.2 Å². The average molecular weight is 282 g/mol. The first kappa shape index (κ1) is 15.1. The first-order valence-electron chi connectivity index (χ1n) is 7.04. The molecule has 1 aliphatic rings. The van der Waals surface area contributed by atoms with E-state index in [9.17, 15) is 5.11 Å². The third-order valence-electron chi connectivity index (χ3n) is 3.07. The van der Waals surface area contributed by atoms with Gasteiger partial charge in [0.05, 0.1) is 19.8 Å². The van der Waals surface area contributed by atoms with Crippen LogP contribution >= 0.6 is 0 Å². The highest BCUT2D eigenvalue weighted by Crippen LogP contribution is 2.34. The van der Waals surface area contributed by atoms with E-state index < -0.39 is 6.10 Å². The van der Waals surface area contributed by atoms with Crippen LogP contribution in [0.4, 0.5) is 0 Å². The lowest BCUT2D eigenvalue weighted by Crippen LogP contribution is -2.11. The first-order chi connectivity index (χ1) is 9.81. The molecule has 0 saturated carbocycles. The van der Waals surface area contributed by atoms with Crippen molar-refractivity contribution in [3.63, 3.8) is 0 Å². The largest absolute Gasteiger partial charge is 0.454 e. The quantitative estimate of drug-likeness (QED) is 0.704. The molecule has 2 rings (SSSR count). The molecule has 0 saturated heterocycles. The molecule has 20 heavy (non-hydrogen) atoms. The Labute approximate surface area is 119 Å². The Balaban J connectivity index is 1.66. The minimum absolute atomic E-state index is 0.237. The molecule has 1 aliphatic heterocycles. The van der Waals surface area contributed by atoms with Gasteiger partial charge in [-0.15, -0.1) is 0 Å². The molecule has 1 unspecified atom stereocenters. The Kier molecular flexibility index (Phi) is 6.11. The van der Waals surface area contributed by atoms with E-state index >= 15 is 0 Å². The molecule has 5 heteroatoms. The molecule has 0 aliphatic carbocycles. The van der Waals surface area contributed by atoms with Gasteiger partial charge in [-0.05, 0) is 24.1 Å². The van der Waals surface area contributed by atoms with Crippen LogP contribution in [0.1, 0.15) is 31.4 Å². The highest BCUT2D eigenvalue weighted by molar-refractivity contribution is 5.45. The molecule has 0 aromatic heterocycles. The number of ether oxygens (including phenoxy) is 4. The van der Waals surface area contributed by atoms with Gasteiger partial charge in [-0.25, -0.2) is 0 Å². The molecule has 5 nitrogen and oxygen atoms in total. The summed E-state index contributed by atoms with van der Waals surface area (Å²) in [5, 5.41) is 10.0. The third kappa shape index (κ3) is 4.37. The summed E-state index contributed by atoms with van der Waals surface area (Å²) in [5.74, 6) is 1.38. The van der Waals surface area contributed by atoms with Crippen molar-refractivity contribution >= 4 is 0 Å². The van der Waals surface area contributed by atoms with E-state index in [1.807, 2.05) is 6.07 Å². The zero-order valence-electron chi connectivity index (χ0n) is 11.8. The van der Waals surface area contributed by atoms with Crippen molar-refractivity contribution in [2.24, 2.45) is 0 Å². The highest BCUT2D eigenvalue weighted by Gasteiger charge is 2.16. The molecule has 0 radical (unpaired) electrons. The third-order valence-corrected chi connectivity index (χ3v) is 3.07. The molecule has 1 N–H and O–H groups in total. The number of benzene rings is 1. The summed E-state index contributed by atoms with van der Waals surface area (Å²) >= 11 is 0. The number of aliphatic hydroxyl groups is 1. The van der Waals surface area contributed by atoms with E-state index in [1.54, 1.807) is 12.1 Å². The summed E-state index contributed by atoms with van der Waals surface area (Å²) < 4.78 is 21.3. The smallest absolute Gasteiger partial charge is 0.231 e. The van der Waals surface area contributed by atoms with Gasteiger partial charge in [-0.3, -0.25) is 0 Å². The minimum Gasteiger partial charge on any atom is -0.454 e. The van der Waals surface area contributed by atoms with Crippen molar-refractivity contribution in [2.45, 2.75) is 25.9 Å². The van der Waals surface area contributed by atoms with E-state index in [0.29, 0.717) is 24.7 Å². The van der Waals surface area contributed by atoms with Gasteiger partial charge in [0.2, 0.25) is 6.79 Å². The minimum atomic E-state index is -0.667. The van der Waals surface area contributed by atoms with E-state index in [2.05, 4.69) is 6.92 Å². The molecule has 1 heterocycles. The molecular weight excluding hydrogens is 260 g/mol. The number of hydrogen-bond donors (Lipinski definition) is 1. The second kappa shape index (κ2) is 8.09. The van der Waals surface area contributed by atoms with Crippen molar-refractivity contribution in [1.29, 1.82) is 0 Å². The van der Waals surface area contributed by atoms with Gasteiger partial charge in [-0.2, -0.15) is 0 Å². The predicted molar refractivity (Wildman–Crippen MR) is 74.1 cm³/mol. The van der Waals surface area contributed by atoms with Crippen LogP contribution in [0.25, 0.3) is 0 Å². The predicted octanol–water partition coefficient (Wildman–Crippen LogP) is 2.28. The number of aliphatic hydroxyl groups excluding tert-OH is 1. The van der Waals surface area contributed by atoms with Crippen LogP contribution in [-0.2, 0) is 9.47 Å².